The first-order chi connectivity index (χ1) is 18.0. The molecule has 5 rings (SSSR count). The van der Waals surface area contributed by atoms with Crippen molar-refractivity contribution in [1.29, 1.82) is 0 Å². The summed E-state index contributed by atoms with van der Waals surface area (Å²) >= 11 is 0. The molecular formula is C30H24N4O3. The first-order valence-electron chi connectivity index (χ1n) is 11.8. The Morgan fingerprint density at radius 2 is 1.43 bits per heavy atom. The van der Waals surface area contributed by atoms with Gasteiger partial charge in [0.15, 0.2) is 0 Å². The van der Waals surface area contributed by atoms with Crippen LogP contribution in [0.4, 0.5) is 0 Å². The third kappa shape index (κ3) is 5.16. The summed E-state index contributed by atoms with van der Waals surface area (Å²) in [6, 6.07) is 30.4. The Labute approximate surface area is 213 Å². The van der Waals surface area contributed by atoms with E-state index in [1.165, 1.54) is 0 Å². The molecule has 0 radical (unpaired) electrons. The number of fused-ring (bicyclic) bond motifs is 2. The number of hydrogen-bond acceptors (Lipinski definition) is 4. The van der Waals surface area contributed by atoms with Crippen LogP contribution in [0.5, 0.6) is 0 Å². The molecule has 5 aromatic rings. The number of rotatable bonds is 7. The zero-order valence-corrected chi connectivity index (χ0v) is 19.9. The summed E-state index contributed by atoms with van der Waals surface area (Å²) in [5.74, 6) is -1.22. The standard InChI is InChI=1S/C30H24N4O3/c31-28(35)18-33-29(36)21-14-12-19(13-15-21)17-32-30(37)25-16-27(34-26-11-4-3-9-24(25)26)23-10-5-7-20-6-1-2-8-22(20)23/h1-16H,17-18H2,(H2,31,35)(H,32,37)(H,33,36). The van der Waals surface area contributed by atoms with Crippen molar-refractivity contribution in [3.05, 3.63) is 114 Å². The quantitative estimate of drug-likeness (QED) is 0.319. The van der Waals surface area contributed by atoms with Crippen molar-refractivity contribution >= 4 is 39.4 Å². The second-order valence-corrected chi connectivity index (χ2v) is 8.63. The van der Waals surface area contributed by atoms with Crippen molar-refractivity contribution in [3.63, 3.8) is 0 Å². The fourth-order valence-electron chi connectivity index (χ4n) is 4.27. The highest BCUT2D eigenvalue weighted by molar-refractivity contribution is 6.08. The van der Waals surface area contributed by atoms with Gasteiger partial charge in [0.1, 0.15) is 0 Å². The molecular weight excluding hydrogens is 464 g/mol. The van der Waals surface area contributed by atoms with E-state index < -0.39 is 11.8 Å². The molecule has 0 bridgehead atoms. The number of primary amides is 1. The summed E-state index contributed by atoms with van der Waals surface area (Å²) in [5, 5.41) is 8.37. The van der Waals surface area contributed by atoms with Gasteiger partial charge in [0.25, 0.3) is 11.8 Å². The molecule has 4 N–H and O–H groups in total. The van der Waals surface area contributed by atoms with Gasteiger partial charge in [-0.25, -0.2) is 4.98 Å². The van der Waals surface area contributed by atoms with Gasteiger partial charge in [-0.05, 0) is 40.6 Å². The van der Waals surface area contributed by atoms with E-state index in [4.69, 9.17) is 10.7 Å². The molecule has 0 aliphatic heterocycles. The summed E-state index contributed by atoms with van der Waals surface area (Å²) < 4.78 is 0. The van der Waals surface area contributed by atoms with Gasteiger partial charge in [-0.15, -0.1) is 0 Å². The molecule has 1 aromatic heterocycles. The number of carbonyl (C=O) groups is 3. The lowest BCUT2D eigenvalue weighted by Crippen LogP contribution is -2.33. The monoisotopic (exact) mass is 488 g/mol. The number of nitrogens with one attached hydrogen (secondary N) is 2. The smallest absolute Gasteiger partial charge is 0.252 e. The molecule has 0 fully saturated rings. The zero-order chi connectivity index (χ0) is 25.8. The van der Waals surface area contributed by atoms with E-state index in [0.29, 0.717) is 11.1 Å². The Kier molecular flexibility index (Phi) is 6.59. The number of nitrogens with two attached hydrogens (primary N) is 1. The fraction of sp³-hybridized carbons (Fsp3) is 0.0667. The van der Waals surface area contributed by atoms with Crippen LogP contribution in [-0.4, -0.2) is 29.3 Å². The Morgan fingerprint density at radius 3 is 2.22 bits per heavy atom. The predicted molar refractivity (Wildman–Crippen MR) is 144 cm³/mol. The highest BCUT2D eigenvalue weighted by Crippen LogP contribution is 2.30. The summed E-state index contributed by atoms with van der Waals surface area (Å²) in [7, 11) is 0. The van der Waals surface area contributed by atoms with Gasteiger partial charge in [0.05, 0.1) is 23.3 Å². The first kappa shape index (κ1) is 23.7. The molecule has 3 amide bonds. The van der Waals surface area contributed by atoms with Crippen LogP contribution in [0.3, 0.4) is 0 Å². The third-order valence-electron chi connectivity index (χ3n) is 6.12. The minimum absolute atomic E-state index is 0.219. The molecule has 37 heavy (non-hydrogen) atoms. The normalized spacial score (nSPS) is 10.8. The first-order valence-corrected chi connectivity index (χ1v) is 11.8. The maximum atomic E-state index is 13.4. The van der Waals surface area contributed by atoms with E-state index in [-0.39, 0.29) is 19.0 Å². The highest BCUT2D eigenvalue weighted by Gasteiger charge is 2.15. The molecule has 0 aliphatic carbocycles. The highest BCUT2D eigenvalue weighted by atomic mass is 16.2. The van der Waals surface area contributed by atoms with Crippen LogP contribution in [0.2, 0.25) is 0 Å². The molecule has 7 heteroatoms. The van der Waals surface area contributed by atoms with Gasteiger partial charge in [0.2, 0.25) is 5.91 Å². The summed E-state index contributed by atoms with van der Waals surface area (Å²) in [6.07, 6.45) is 0. The van der Waals surface area contributed by atoms with Crippen molar-refractivity contribution in [1.82, 2.24) is 15.6 Å². The molecule has 0 atom stereocenters. The van der Waals surface area contributed by atoms with Crippen LogP contribution in [-0.2, 0) is 11.3 Å². The van der Waals surface area contributed by atoms with E-state index in [0.717, 1.165) is 38.5 Å². The van der Waals surface area contributed by atoms with Gasteiger partial charge < -0.3 is 16.4 Å². The van der Waals surface area contributed by atoms with Crippen molar-refractivity contribution in [2.45, 2.75) is 6.54 Å². The van der Waals surface area contributed by atoms with Crippen molar-refractivity contribution in [2.24, 2.45) is 5.73 Å². The predicted octanol–water partition coefficient (Wildman–Crippen LogP) is 4.20. The maximum absolute atomic E-state index is 13.4. The molecule has 0 spiro atoms. The second-order valence-electron chi connectivity index (χ2n) is 8.63. The van der Waals surface area contributed by atoms with Crippen LogP contribution >= 0.6 is 0 Å². The van der Waals surface area contributed by atoms with Gasteiger partial charge in [-0.3, -0.25) is 14.4 Å². The minimum atomic E-state index is -0.611. The average Bonchev–Trinajstić information content (AvgIpc) is 2.94. The molecule has 4 aromatic carbocycles. The number of hydrogen-bond donors (Lipinski definition) is 3. The molecule has 0 saturated carbocycles. The van der Waals surface area contributed by atoms with E-state index in [9.17, 15) is 14.4 Å². The summed E-state index contributed by atoms with van der Waals surface area (Å²) in [5.41, 5.74) is 9.26. The van der Waals surface area contributed by atoms with Gasteiger partial charge in [0, 0.05) is 23.1 Å². The number of nitrogens with zero attached hydrogens (tertiary/aromatic N) is 1. The maximum Gasteiger partial charge on any atom is 0.252 e. The number of aromatic nitrogens is 1. The molecule has 0 saturated heterocycles. The second kappa shape index (κ2) is 10.3. The van der Waals surface area contributed by atoms with Gasteiger partial charge >= 0.3 is 0 Å². The number of pyridine rings is 1. The Hall–Kier alpha value is -5.04. The molecule has 0 unspecified atom stereocenters. The van der Waals surface area contributed by atoms with Crippen LogP contribution < -0.4 is 16.4 Å². The lowest BCUT2D eigenvalue weighted by Gasteiger charge is -2.12. The summed E-state index contributed by atoms with van der Waals surface area (Å²) in [6.45, 7) is 0.0551. The Morgan fingerprint density at radius 1 is 0.730 bits per heavy atom. The zero-order valence-electron chi connectivity index (χ0n) is 19.9. The number of benzene rings is 4. The Bertz CT molecular complexity index is 1640. The Balaban J connectivity index is 1.40. The van der Waals surface area contributed by atoms with Gasteiger partial charge in [-0.1, -0.05) is 72.8 Å². The van der Waals surface area contributed by atoms with Crippen molar-refractivity contribution in [2.75, 3.05) is 6.54 Å². The van der Waals surface area contributed by atoms with E-state index in [1.807, 2.05) is 54.6 Å². The molecule has 0 aliphatic rings. The number of amides is 3. The van der Waals surface area contributed by atoms with Crippen molar-refractivity contribution < 1.29 is 14.4 Å². The average molecular weight is 489 g/mol. The van der Waals surface area contributed by atoms with Crippen molar-refractivity contribution in [3.8, 4) is 11.3 Å². The molecule has 7 nitrogen and oxygen atoms in total. The van der Waals surface area contributed by atoms with Gasteiger partial charge in [-0.2, -0.15) is 0 Å². The molecule has 1 heterocycles. The van der Waals surface area contributed by atoms with Crippen LogP contribution in [0, 0.1) is 0 Å². The fourth-order valence-corrected chi connectivity index (χ4v) is 4.27. The lowest BCUT2D eigenvalue weighted by molar-refractivity contribution is -0.117. The van der Waals surface area contributed by atoms with E-state index in [1.54, 1.807) is 24.3 Å². The SMILES string of the molecule is NC(=O)CNC(=O)c1ccc(CNC(=O)c2cc(-c3cccc4ccccc34)nc3ccccc23)cc1. The van der Waals surface area contributed by atoms with Crippen LogP contribution in [0.15, 0.2) is 97.1 Å². The number of para-hydroxylation sites is 1. The van der Waals surface area contributed by atoms with E-state index >= 15 is 0 Å². The molecule has 182 valence electrons. The largest absolute Gasteiger partial charge is 0.368 e. The topological polar surface area (TPSA) is 114 Å². The van der Waals surface area contributed by atoms with Crippen LogP contribution in [0.1, 0.15) is 26.3 Å². The third-order valence-corrected chi connectivity index (χ3v) is 6.12. The number of carbonyl (C=O) groups excluding carboxylic acids is 3. The lowest BCUT2D eigenvalue weighted by atomic mass is 9.99. The minimum Gasteiger partial charge on any atom is -0.368 e. The van der Waals surface area contributed by atoms with Crippen LogP contribution in [0.25, 0.3) is 32.9 Å². The summed E-state index contributed by atoms with van der Waals surface area (Å²) in [4.78, 5) is 41.2. The van der Waals surface area contributed by atoms with E-state index in [2.05, 4.69) is 28.8 Å².